The number of sulfonamides is 1. The van der Waals surface area contributed by atoms with Gasteiger partial charge in [-0.2, -0.15) is 0 Å². The lowest BCUT2D eigenvalue weighted by Crippen LogP contribution is -2.21. The molecule has 0 aliphatic carbocycles. The molecule has 0 atom stereocenters. The fourth-order valence-electron chi connectivity index (χ4n) is 1.97. The number of nitrogens with two attached hydrogens (primary N) is 1. The molecule has 0 saturated carbocycles. The largest absolute Gasteiger partial charge is 0.495 e. The number of nitrogens with one attached hydrogen (secondary N) is 1. The first-order valence-corrected chi connectivity index (χ1v) is 9.48. The van der Waals surface area contributed by atoms with E-state index in [1.807, 2.05) is 0 Å². The Morgan fingerprint density at radius 1 is 1.15 bits per heavy atom. The molecule has 0 heterocycles. The van der Waals surface area contributed by atoms with Gasteiger partial charge in [-0.3, -0.25) is 4.79 Å². The summed E-state index contributed by atoms with van der Waals surface area (Å²) in [6.07, 6.45) is 0. The molecule has 2 aromatic rings. The summed E-state index contributed by atoms with van der Waals surface area (Å²) in [5, 5.41) is 7.65. The summed E-state index contributed by atoms with van der Waals surface area (Å²) in [6, 6.07) is 10.4. The number of ether oxygens (including phenoxy) is 2. The Balaban J connectivity index is 2.03. The lowest BCUT2D eigenvalue weighted by Gasteiger charge is -2.09. The van der Waals surface area contributed by atoms with E-state index in [1.165, 1.54) is 19.2 Å². The first-order chi connectivity index (χ1) is 12.2. The van der Waals surface area contributed by atoms with Crippen LogP contribution in [0.3, 0.4) is 0 Å². The Hall–Kier alpha value is -2.43. The van der Waals surface area contributed by atoms with E-state index in [4.69, 9.17) is 14.6 Å². The van der Waals surface area contributed by atoms with Crippen LogP contribution in [0.2, 0.25) is 0 Å². The van der Waals surface area contributed by atoms with Crippen LogP contribution in [0, 0.1) is 0 Å². The van der Waals surface area contributed by atoms with Crippen LogP contribution in [0.15, 0.2) is 51.8 Å². The molecule has 2 rings (SSSR count). The number of amides is 1. The molecule has 8 nitrogen and oxygen atoms in total. The van der Waals surface area contributed by atoms with Crippen LogP contribution in [-0.4, -0.2) is 34.0 Å². The van der Waals surface area contributed by atoms with Gasteiger partial charge in [-0.1, -0.05) is 15.9 Å². The predicted molar refractivity (Wildman–Crippen MR) is 97.4 cm³/mol. The van der Waals surface area contributed by atoms with E-state index in [2.05, 4.69) is 21.2 Å². The van der Waals surface area contributed by atoms with E-state index < -0.39 is 28.5 Å². The summed E-state index contributed by atoms with van der Waals surface area (Å²) in [4.78, 5) is 23.5. The molecule has 3 N–H and O–H groups in total. The summed E-state index contributed by atoms with van der Waals surface area (Å²) in [5.41, 5.74) is 0.460. The highest BCUT2D eigenvalue weighted by Crippen LogP contribution is 2.24. The van der Waals surface area contributed by atoms with Gasteiger partial charge < -0.3 is 14.8 Å². The maximum absolute atomic E-state index is 12.0. The second-order valence-electron chi connectivity index (χ2n) is 5.04. The number of halogens is 1. The van der Waals surface area contributed by atoms with Gasteiger partial charge in [0.05, 0.1) is 12.7 Å². The molecule has 0 aliphatic heterocycles. The summed E-state index contributed by atoms with van der Waals surface area (Å²) in [5.74, 6) is -1.42. The third-order valence-electron chi connectivity index (χ3n) is 3.17. The van der Waals surface area contributed by atoms with Gasteiger partial charge in [0.1, 0.15) is 10.6 Å². The number of esters is 1. The van der Waals surface area contributed by atoms with E-state index in [1.54, 1.807) is 24.3 Å². The van der Waals surface area contributed by atoms with Gasteiger partial charge >= 0.3 is 5.97 Å². The Kier molecular flexibility index (Phi) is 6.35. The van der Waals surface area contributed by atoms with Gasteiger partial charge in [0.25, 0.3) is 5.91 Å². The van der Waals surface area contributed by atoms with Crippen LogP contribution in [0.4, 0.5) is 5.69 Å². The molecule has 2 aromatic carbocycles. The standard InChI is InChI=1S/C16H15BrN2O6S/c1-24-13-7-2-10(8-14(13)26(18,22)23)16(21)25-9-15(20)19-12-5-3-11(17)4-6-12/h2-8H,9H2,1H3,(H,19,20)(H2,18,22,23). The molecule has 0 spiro atoms. The predicted octanol–water partition coefficient (Wildman–Crippen LogP) is 1.90. The van der Waals surface area contributed by atoms with Gasteiger partial charge in [0.15, 0.2) is 6.61 Å². The molecule has 138 valence electrons. The monoisotopic (exact) mass is 442 g/mol. The Labute approximate surface area is 158 Å². The number of methoxy groups -OCH3 is 1. The minimum absolute atomic E-state index is 0.00275. The SMILES string of the molecule is COc1ccc(C(=O)OCC(=O)Nc2ccc(Br)cc2)cc1S(N)(=O)=O. The van der Waals surface area contributed by atoms with Crippen molar-refractivity contribution in [2.24, 2.45) is 5.14 Å². The van der Waals surface area contributed by atoms with Gasteiger partial charge in [-0.05, 0) is 42.5 Å². The molecule has 0 fully saturated rings. The maximum atomic E-state index is 12.0. The summed E-state index contributed by atoms with van der Waals surface area (Å²) < 4.78 is 33.8. The number of anilines is 1. The molecular weight excluding hydrogens is 428 g/mol. The molecule has 0 saturated heterocycles. The van der Waals surface area contributed by atoms with Gasteiger partial charge in [-0.15, -0.1) is 0 Å². The second-order valence-corrected chi connectivity index (χ2v) is 7.49. The van der Waals surface area contributed by atoms with Gasteiger partial charge in [0.2, 0.25) is 10.0 Å². The summed E-state index contributed by atoms with van der Waals surface area (Å²) >= 11 is 3.27. The molecular formula is C16H15BrN2O6S. The number of hydrogen-bond donors (Lipinski definition) is 2. The van der Waals surface area contributed by atoms with Gasteiger partial charge in [0, 0.05) is 10.2 Å². The molecule has 1 amide bonds. The third kappa shape index (κ3) is 5.28. The van der Waals surface area contributed by atoms with E-state index in [0.717, 1.165) is 10.5 Å². The number of carbonyl (C=O) groups excluding carboxylic acids is 2. The number of primary sulfonamides is 1. The second kappa shape index (κ2) is 8.30. The average Bonchev–Trinajstić information content (AvgIpc) is 2.60. The lowest BCUT2D eigenvalue weighted by molar-refractivity contribution is -0.119. The molecule has 10 heteroatoms. The average molecular weight is 443 g/mol. The smallest absolute Gasteiger partial charge is 0.338 e. The molecule has 26 heavy (non-hydrogen) atoms. The van der Waals surface area contributed by atoms with Crippen LogP contribution in [0.1, 0.15) is 10.4 Å². The Morgan fingerprint density at radius 3 is 2.38 bits per heavy atom. The van der Waals surface area contributed by atoms with Crippen LogP contribution >= 0.6 is 15.9 Å². The quantitative estimate of drug-likeness (QED) is 0.658. The van der Waals surface area contributed by atoms with E-state index >= 15 is 0 Å². The molecule has 0 aromatic heterocycles. The zero-order chi connectivity index (χ0) is 19.3. The van der Waals surface area contributed by atoms with Crippen LogP contribution in [-0.2, 0) is 19.6 Å². The molecule has 0 radical (unpaired) electrons. The van der Waals surface area contributed by atoms with Crippen molar-refractivity contribution in [3.8, 4) is 5.75 Å². The summed E-state index contributed by atoms with van der Waals surface area (Å²) in [7, 11) is -2.82. The number of rotatable bonds is 6. The Bertz CT molecular complexity index is 928. The van der Waals surface area contributed by atoms with Crippen molar-refractivity contribution >= 4 is 43.5 Å². The van der Waals surface area contributed by atoms with Crippen LogP contribution < -0.4 is 15.2 Å². The van der Waals surface area contributed by atoms with Crippen molar-refractivity contribution in [2.45, 2.75) is 4.90 Å². The highest BCUT2D eigenvalue weighted by Gasteiger charge is 2.19. The van der Waals surface area contributed by atoms with Crippen molar-refractivity contribution < 1.29 is 27.5 Å². The summed E-state index contributed by atoms with van der Waals surface area (Å²) in [6.45, 7) is -0.536. The molecule has 0 bridgehead atoms. The third-order valence-corrected chi connectivity index (χ3v) is 4.63. The fraction of sp³-hybridized carbons (Fsp3) is 0.125. The van der Waals surface area contributed by atoms with E-state index in [9.17, 15) is 18.0 Å². The first kappa shape index (κ1) is 19.9. The van der Waals surface area contributed by atoms with Crippen molar-refractivity contribution in [3.63, 3.8) is 0 Å². The number of benzene rings is 2. The zero-order valence-electron chi connectivity index (χ0n) is 13.6. The van der Waals surface area contributed by atoms with E-state index in [0.29, 0.717) is 5.69 Å². The van der Waals surface area contributed by atoms with Crippen molar-refractivity contribution in [3.05, 3.63) is 52.5 Å². The Morgan fingerprint density at radius 2 is 1.81 bits per heavy atom. The fourth-order valence-corrected chi connectivity index (χ4v) is 2.96. The normalized spacial score (nSPS) is 10.9. The molecule has 0 unspecified atom stereocenters. The highest BCUT2D eigenvalue weighted by atomic mass is 79.9. The number of hydrogen-bond acceptors (Lipinski definition) is 6. The minimum Gasteiger partial charge on any atom is -0.495 e. The first-order valence-electron chi connectivity index (χ1n) is 7.14. The van der Waals surface area contributed by atoms with Crippen LogP contribution in [0.25, 0.3) is 0 Å². The maximum Gasteiger partial charge on any atom is 0.338 e. The highest BCUT2D eigenvalue weighted by molar-refractivity contribution is 9.10. The number of carbonyl (C=O) groups is 2. The van der Waals surface area contributed by atoms with Crippen molar-refractivity contribution in [2.75, 3.05) is 19.0 Å². The van der Waals surface area contributed by atoms with Crippen LogP contribution in [0.5, 0.6) is 5.75 Å². The van der Waals surface area contributed by atoms with Gasteiger partial charge in [-0.25, -0.2) is 18.4 Å². The van der Waals surface area contributed by atoms with Crippen molar-refractivity contribution in [1.29, 1.82) is 0 Å². The zero-order valence-corrected chi connectivity index (χ0v) is 16.0. The van der Waals surface area contributed by atoms with Crippen molar-refractivity contribution in [1.82, 2.24) is 0 Å². The minimum atomic E-state index is -4.09. The lowest BCUT2D eigenvalue weighted by atomic mass is 10.2. The topological polar surface area (TPSA) is 125 Å². The van der Waals surface area contributed by atoms with E-state index in [-0.39, 0.29) is 16.2 Å². The molecule has 0 aliphatic rings.